The monoisotopic (exact) mass is 328 g/mol. The molecule has 0 spiro atoms. The summed E-state index contributed by atoms with van der Waals surface area (Å²) in [5.74, 6) is 0. The van der Waals surface area contributed by atoms with Crippen LogP contribution in [0.4, 0.5) is 11.4 Å². The highest BCUT2D eigenvalue weighted by Crippen LogP contribution is 2.26. The molecule has 0 radical (unpaired) electrons. The Morgan fingerprint density at radius 2 is 1.81 bits per heavy atom. The third-order valence-electron chi connectivity index (χ3n) is 3.00. The molecule has 0 aliphatic carbocycles. The van der Waals surface area contributed by atoms with Crippen molar-refractivity contribution in [2.24, 2.45) is 7.05 Å². The van der Waals surface area contributed by atoms with Crippen LogP contribution in [0.3, 0.4) is 0 Å². The van der Waals surface area contributed by atoms with E-state index < -0.39 is 10.0 Å². The number of aryl methyl sites for hydroxylation is 2. The minimum atomic E-state index is -3.77. The zero-order chi connectivity index (χ0) is 15.8. The summed E-state index contributed by atoms with van der Waals surface area (Å²) in [6.45, 7) is 1.61. The number of hydrogen-bond donors (Lipinski definition) is 1. The third-order valence-corrected chi connectivity index (χ3v) is 5.08. The van der Waals surface area contributed by atoms with Crippen LogP contribution in [0.1, 0.15) is 5.69 Å². The Hall–Kier alpha value is -1.73. The van der Waals surface area contributed by atoms with E-state index in [0.717, 1.165) is 5.69 Å². The highest BCUT2D eigenvalue weighted by atomic mass is 35.5. The molecule has 0 unspecified atom stereocenters. The van der Waals surface area contributed by atoms with Crippen LogP contribution in [0.2, 0.25) is 5.15 Å². The topological polar surface area (TPSA) is 67.2 Å². The molecule has 0 aliphatic rings. The molecule has 0 saturated carbocycles. The molecular formula is C13H17ClN4O2S. The van der Waals surface area contributed by atoms with Gasteiger partial charge in [-0.1, -0.05) is 11.6 Å². The van der Waals surface area contributed by atoms with Crippen LogP contribution < -0.4 is 9.62 Å². The predicted molar refractivity (Wildman–Crippen MR) is 84.5 cm³/mol. The lowest BCUT2D eigenvalue weighted by atomic mass is 10.3. The number of aromatic nitrogens is 2. The third kappa shape index (κ3) is 3.14. The van der Waals surface area contributed by atoms with E-state index in [9.17, 15) is 8.42 Å². The fraction of sp³-hybridized carbons (Fsp3) is 0.308. The first kappa shape index (κ1) is 15.7. The van der Waals surface area contributed by atoms with E-state index in [2.05, 4.69) is 9.82 Å². The lowest BCUT2D eigenvalue weighted by Gasteiger charge is -2.13. The van der Waals surface area contributed by atoms with Gasteiger partial charge in [0.15, 0.2) is 0 Å². The Bertz CT molecular complexity index is 751. The lowest BCUT2D eigenvalue weighted by molar-refractivity contribution is 0.600. The lowest BCUT2D eigenvalue weighted by Crippen LogP contribution is -2.14. The van der Waals surface area contributed by atoms with E-state index in [4.69, 9.17) is 11.6 Å². The molecule has 0 saturated heterocycles. The van der Waals surface area contributed by atoms with Crippen molar-refractivity contribution in [3.05, 3.63) is 35.1 Å². The summed E-state index contributed by atoms with van der Waals surface area (Å²) in [7, 11) is 1.66. The van der Waals surface area contributed by atoms with E-state index in [1.54, 1.807) is 26.1 Å². The van der Waals surface area contributed by atoms with Crippen molar-refractivity contribution in [3.8, 4) is 0 Å². The minimum absolute atomic E-state index is 0.00310. The second kappa shape index (κ2) is 5.57. The van der Waals surface area contributed by atoms with Crippen molar-refractivity contribution in [3.63, 3.8) is 0 Å². The van der Waals surface area contributed by atoms with E-state index in [-0.39, 0.29) is 10.0 Å². The van der Waals surface area contributed by atoms with Gasteiger partial charge in [-0.25, -0.2) is 8.42 Å². The maximum Gasteiger partial charge on any atom is 0.266 e. The molecule has 0 amide bonds. The van der Waals surface area contributed by atoms with Crippen LogP contribution in [-0.4, -0.2) is 32.3 Å². The van der Waals surface area contributed by atoms with E-state index in [1.807, 2.05) is 31.1 Å². The van der Waals surface area contributed by atoms with Crippen LogP contribution >= 0.6 is 11.6 Å². The molecule has 0 bridgehead atoms. The minimum Gasteiger partial charge on any atom is -0.378 e. The average molecular weight is 329 g/mol. The molecule has 0 aliphatic heterocycles. The summed E-state index contributed by atoms with van der Waals surface area (Å²) in [6, 6.07) is 7.06. The van der Waals surface area contributed by atoms with Crippen LogP contribution in [0.5, 0.6) is 0 Å². The van der Waals surface area contributed by atoms with Gasteiger partial charge in [0.05, 0.1) is 5.69 Å². The summed E-state index contributed by atoms with van der Waals surface area (Å²) in [6.07, 6.45) is 0. The van der Waals surface area contributed by atoms with Gasteiger partial charge in [-0.2, -0.15) is 5.10 Å². The Morgan fingerprint density at radius 1 is 1.24 bits per heavy atom. The van der Waals surface area contributed by atoms with Crippen molar-refractivity contribution >= 4 is 33.0 Å². The first-order valence-electron chi connectivity index (χ1n) is 6.21. The van der Waals surface area contributed by atoms with Crippen LogP contribution in [0.15, 0.2) is 29.2 Å². The maximum atomic E-state index is 12.4. The van der Waals surface area contributed by atoms with E-state index >= 15 is 0 Å². The number of rotatable bonds is 4. The zero-order valence-corrected chi connectivity index (χ0v) is 13.8. The zero-order valence-electron chi connectivity index (χ0n) is 12.3. The molecular weight excluding hydrogens is 312 g/mol. The van der Waals surface area contributed by atoms with Gasteiger partial charge < -0.3 is 4.90 Å². The van der Waals surface area contributed by atoms with Gasteiger partial charge in [-0.15, -0.1) is 0 Å². The normalized spacial score (nSPS) is 11.5. The molecule has 1 aromatic carbocycles. The molecule has 6 nitrogen and oxygen atoms in total. The van der Waals surface area contributed by atoms with E-state index in [1.165, 1.54) is 4.68 Å². The van der Waals surface area contributed by atoms with Crippen molar-refractivity contribution < 1.29 is 8.42 Å². The molecule has 0 atom stereocenters. The number of sulfonamides is 1. The highest BCUT2D eigenvalue weighted by molar-refractivity contribution is 7.92. The summed E-state index contributed by atoms with van der Waals surface area (Å²) in [4.78, 5) is 1.93. The van der Waals surface area contributed by atoms with Gasteiger partial charge in [0.2, 0.25) is 0 Å². The van der Waals surface area contributed by atoms with Crippen LogP contribution in [-0.2, 0) is 17.1 Å². The fourth-order valence-corrected chi connectivity index (χ4v) is 3.76. The second-order valence-electron chi connectivity index (χ2n) is 4.88. The highest BCUT2D eigenvalue weighted by Gasteiger charge is 2.25. The average Bonchev–Trinajstić information content (AvgIpc) is 2.63. The molecule has 8 heteroatoms. The van der Waals surface area contributed by atoms with Gasteiger partial charge in [-0.05, 0) is 31.2 Å². The molecule has 2 aromatic rings. The second-order valence-corrected chi connectivity index (χ2v) is 6.85. The first-order valence-corrected chi connectivity index (χ1v) is 8.08. The quantitative estimate of drug-likeness (QED) is 0.934. The summed E-state index contributed by atoms with van der Waals surface area (Å²) in [5, 5.41) is 4.10. The fourth-order valence-electron chi connectivity index (χ4n) is 1.95. The molecule has 1 N–H and O–H groups in total. The number of halogens is 1. The van der Waals surface area contributed by atoms with Crippen molar-refractivity contribution in [2.45, 2.75) is 11.8 Å². The van der Waals surface area contributed by atoms with Crippen molar-refractivity contribution in [2.75, 3.05) is 23.7 Å². The molecule has 0 fully saturated rings. The Kier molecular flexibility index (Phi) is 4.15. The Balaban J connectivity index is 2.33. The van der Waals surface area contributed by atoms with Crippen molar-refractivity contribution in [1.29, 1.82) is 0 Å². The number of nitrogens with one attached hydrogen (secondary N) is 1. The first-order chi connectivity index (χ1) is 9.72. The van der Waals surface area contributed by atoms with Gasteiger partial charge in [0.1, 0.15) is 10.0 Å². The summed E-state index contributed by atoms with van der Waals surface area (Å²) >= 11 is 6.01. The molecule has 114 valence electrons. The SMILES string of the molecule is Cc1nn(C)c(Cl)c1S(=O)(=O)Nc1ccc(N(C)C)cc1. The van der Waals surface area contributed by atoms with Gasteiger partial charge >= 0.3 is 0 Å². The summed E-state index contributed by atoms with van der Waals surface area (Å²) in [5.41, 5.74) is 1.81. The molecule has 2 rings (SSSR count). The predicted octanol–water partition coefficient (Wildman–Crippen LogP) is 2.25. The smallest absolute Gasteiger partial charge is 0.266 e. The Labute approximate surface area is 129 Å². The Morgan fingerprint density at radius 3 is 2.24 bits per heavy atom. The molecule has 21 heavy (non-hydrogen) atoms. The molecule has 1 heterocycles. The van der Waals surface area contributed by atoms with Crippen LogP contribution in [0.25, 0.3) is 0 Å². The van der Waals surface area contributed by atoms with Crippen LogP contribution in [0, 0.1) is 6.92 Å². The largest absolute Gasteiger partial charge is 0.378 e. The maximum absolute atomic E-state index is 12.4. The van der Waals surface area contributed by atoms with Crippen molar-refractivity contribution in [1.82, 2.24) is 9.78 Å². The number of hydrogen-bond acceptors (Lipinski definition) is 4. The number of nitrogens with zero attached hydrogens (tertiary/aromatic N) is 3. The standard InChI is InChI=1S/C13H17ClN4O2S/c1-9-12(13(14)18(4)15-9)21(19,20)16-10-5-7-11(8-6-10)17(2)3/h5-8,16H,1-4H3. The molecule has 1 aromatic heterocycles. The van der Waals surface area contributed by atoms with E-state index in [0.29, 0.717) is 11.4 Å². The number of benzene rings is 1. The number of anilines is 2. The van der Waals surface area contributed by atoms with Gasteiger partial charge in [-0.3, -0.25) is 9.40 Å². The summed E-state index contributed by atoms with van der Waals surface area (Å²) < 4.78 is 28.7. The van der Waals surface area contributed by atoms with Gasteiger partial charge in [0.25, 0.3) is 10.0 Å². The van der Waals surface area contributed by atoms with Gasteiger partial charge in [0, 0.05) is 32.5 Å².